The van der Waals surface area contributed by atoms with Crippen LogP contribution in [0.25, 0.3) is 11.4 Å². The number of hydrogen-bond acceptors (Lipinski definition) is 5. The van der Waals surface area contributed by atoms with Crippen LogP contribution in [0.1, 0.15) is 30.3 Å². The molecule has 29 heavy (non-hydrogen) atoms. The van der Waals surface area contributed by atoms with Gasteiger partial charge < -0.3 is 14.9 Å². The number of carbonyl (C=O) groups is 2. The fourth-order valence-electron chi connectivity index (χ4n) is 2.75. The number of rotatable bonds is 8. The maximum absolute atomic E-state index is 13.8. The number of aliphatic carboxylic acids is 1. The van der Waals surface area contributed by atoms with Gasteiger partial charge in [0, 0.05) is 17.9 Å². The molecule has 0 aliphatic heterocycles. The Hall–Kier alpha value is -3.26. The topological polar surface area (TPSA) is 105 Å². The average Bonchev–Trinajstić information content (AvgIpc) is 3.15. The number of benzene rings is 2. The van der Waals surface area contributed by atoms with Gasteiger partial charge in [0.25, 0.3) is 0 Å². The van der Waals surface area contributed by atoms with Gasteiger partial charge in [0.15, 0.2) is 0 Å². The van der Waals surface area contributed by atoms with E-state index in [-0.39, 0.29) is 42.4 Å². The van der Waals surface area contributed by atoms with Crippen molar-refractivity contribution in [2.24, 2.45) is 0 Å². The van der Waals surface area contributed by atoms with Crippen LogP contribution in [0, 0.1) is 5.82 Å². The number of carboxylic acids is 1. The molecular weight excluding hydrogens is 401 g/mol. The zero-order valence-electron chi connectivity index (χ0n) is 15.1. The molecule has 0 saturated carbocycles. The first-order valence-corrected chi connectivity index (χ1v) is 9.14. The lowest BCUT2D eigenvalue weighted by Crippen LogP contribution is -2.30. The molecule has 0 spiro atoms. The zero-order valence-corrected chi connectivity index (χ0v) is 15.9. The van der Waals surface area contributed by atoms with E-state index in [2.05, 4.69) is 15.5 Å². The summed E-state index contributed by atoms with van der Waals surface area (Å²) in [5.74, 6) is -1.64. The highest BCUT2D eigenvalue weighted by molar-refractivity contribution is 6.30. The van der Waals surface area contributed by atoms with Crippen LogP contribution in [0.5, 0.6) is 0 Å². The third-order valence-corrected chi connectivity index (χ3v) is 4.35. The molecule has 1 aromatic heterocycles. The van der Waals surface area contributed by atoms with E-state index >= 15 is 0 Å². The molecule has 0 radical (unpaired) electrons. The normalized spacial score (nSPS) is 11.8. The van der Waals surface area contributed by atoms with Crippen molar-refractivity contribution in [1.29, 1.82) is 0 Å². The third-order valence-electron chi connectivity index (χ3n) is 4.11. The lowest BCUT2D eigenvalue weighted by atomic mass is 10.0. The standard InChI is InChI=1S/C20H17ClFN3O4/c21-13-5-3-4-12(10-13)16(11-19(27)28)23-17(26)8-9-18-24-20(25-29-18)14-6-1-2-7-15(14)22/h1-7,10,16H,8-9,11H2,(H,23,26)(H,27,28)/t16-/m0/s1. The Bertz CT molecular complexity index is 1020. The Balaban J connectivity index is 1.62. The highest BCUT2D eigenvalue weighted by Crippen LogP contribution is 2.22. The largest absolute Gasteiger partial charge is 0.481 e. The van der Waals surface area contributed by atoms with Crippen LogP contribution >= 0.6 is 11.6 Å². The Labute approximate surface area is 170 Å². The van der Waals surface area contributed by atoms with E-state index in [0.29, 0.717) is 10.6 Å². The van der Waals surface area contributed by atoms with Crippen molar-refractivity contribution >= 4 is 23.5 Å². The highest BCUT2D eigenvalue weighted by Gasteiger charge is 2.19. The van der Waals surface area contributed by atoms with Gasteiger partial charge in [0.2, 0.25) is 17.6 Å². The van der Waals surface area contributed by atoms with E-state index in [0.717, 1.165) is 0 Å². The first kappa shape index (κ1) is 20.5. The van der Waals surface area contributed by atoms with Gasteiger partial charge >= 0.3 is 5.97 Å². The minimum atomic E-state index is -1.05. The quantitative estimate of drug-likeness (QED) is 0.577. The fourth-order valence-corrected chi connectivity index (χ4v) is 2.94. The summed E-state index contributed by atoms with van der Waals surface area (Å²) in [6, 6.07) is 11.9. The third kappa shape index (κ3) is 5.61. The van der Waals surface area contributed by atoms with Crippen molar-refractivity contribution in [3.05, 3.63) is 70.8 Å². The molecule has 0 unspecified atom stereocenters. The molecule has 1 atom stereocenters. The van der Waals surface area contributed by atoms with Gasteiger partial charge in [0.05, 0.1) is 18.0 Å². The Kier molecular flexibility index (Phi) is 6.56. The number of nitrogens with zero attached hydrogens (tertiary/aromatic N) is 2. The van der Waals surface area contributed by atoms with Gasteiger partial charge in [-0.2, -0.15) is 4.98 Å². The molecule has 0 bridgehead atoms. The van der Waals surface area contributed by atoms with Crippen LogP contribution in [-0.4, -0.2) is 27.1 Å². The maximum Gasteiger partial charge on any atom is 0.305 e. The number of aryl methyl sites for hydroxylation is 1. The molecule has 150 valence electrons. The molecule has 2 aromatic carbocycles. The second-order valence-corrected chi connectivity index (χ2v) is 6.70. The second-order valence-electron chi connectivity index (χ2n) is 6.26. The summed E-state index contributed by atoms with van der Waals surface area (Å²) in [7, 11) is 0. The summed E-state index contributed by atoms with van der Waals surface area (Å²) in [6.07, 6.45) is -0.164. The molecule has 0 aliphatic rings. The Morgan fingerprint density at radius 3 is 2.72 bits per heavy atom. The van der Waals surface area contributed by atoms with E-state index < -0.39 is 17.8 Å². The molecule has 7 nitrogen and oxygen atoms in total. The number of aromatic nitrogens is 2. The molecule has 1 heterocycles. The van der Waals surface area contributed by atoms with E-state index in [4.69, 9.17) is 21.2 Å². The molecule has 0 fully saturated rings. The van der Waals surface area contributed by atoms with Gasteiger partial charge in [-0.1, -0.05) is 41.0 Å². The number of nitrogens with one attached hydrogen (secondary N) is 1. The van der Waals surface area contributed by atoms with Crippen LogP contribution < -0.4 is 5.32 Å². The van der Waals surface area contributed by atoms with Crippen LogP contribution in [0.15, 0.2) is 53.1 Å². The summed E-state index contributed by atoms with van der Waals surface area (Å²) >= 11 is 5.95. The van der Waals surface area contributed by atoms with Crippen LogP contribution in [0.3, 0.4) is 0 Å². The lowest BCUT2D eigenvalue weighted by Gasteiger charge is -2.17. The highest BCUT2D eigenvalue weighted by atomic mass is 35.5. The molecule has 2 N–H and O–H groups in total. The van der Waals surface area contributed by atoms with Crippen molar-refractivity contribution in [1.82, 2.24) is 15.5 Å². The molecular formula is C20H17ClFN3O4. The SMILES string of the molecule is O=C(O)C[C@H](NC(=O)CCc1nc(-c2ccccc2F)no1)c1cccc(Cl)c1. The zero-order chi connectivity index (χ0) is 20.8. The smallest absolute Gasteiger partial charge is 0.305 e. The summed E-state index contributed by atoms with van der Waals surface area (Å²) in [4.78, 5) is 27.6. The van der Waals surface area contributed by atoms with Crippen molar-refractivity contribution < 1.29 is 23.6 Å². The molecule has 9 heteroatoms. The molecule has 0 aliphatic carbocycles. The molecule has 3 aromatic rings. The fraction of sp³-hybridized carbons (Fsp3) is 0.200. The minimum absolute atomic E-state index is 0.00438. The van der Waals surface area contributed by atoms with Crippen LogP contribution in [0.4, 0.5) is 4.39 Å². The van der Waals surface area contributed by atoms with E-state index in [1.54, 1.807) is 36.4 Å². The number of halogens is 2. The van der Waals surface area contributed by atoms with Crippen LogP contribution in [-0.2, 0) is 16.0 Å². The van der Waals surface area contributed by atoms with E-state index in [1.165, 1.54) is 12.1 Å². The number of carbonyl (C=O) groups excluding carboxylic acids is 1. The lowest BCUT2D eigenvalue weighted by molar-refractivity contribution is -0.137. The van der Waals surface area contributed by atoms with Gasteiger partial charge in [-0.3, -0.25) is 9.59 Å². The minimum Gasteiger partial charge on any atom is -0.481 e. The number of amides is 1. The summed E-state index contributed by atoms with van der Waals surface area (Å²) in [5, 5.41) is 16.0. The number of carboxylic acid groups (broad SMARTS) is 1. The van der Waals surface area contributed by atoms with Crippen molar-refractivity contribution in [2.75, 3.05) is 0 Å². The van der Waals surface area contributed by atoms with Crippen molar-refractivity contribution in [3.63, 3.8) is 0 Å². The van der Waals surface area contributed by atoms with Crippen molar-refractivity contribution in [2.45, 2.75) is 25.3 Å². The maximum atomic E-state index is 13.8. The van der Waals surface area contributed by atoms with Crippen LogP contribution in [0.2, 0.25) is 5.02 Å². The molecule has 0 saturated heterocycles. The predicted molar refractivity (Wildman–Crippen MR) is 103 cm³/mol. The first-order valence-electron chi connectivity index (χ1n) is 8.76. The predicted octanol–water partition coefficient (Wildman–Crippen LogP) is 3.79. The molecule has 3 rings (SSSR count). The summed E-state index contributed by atoms with van der Waals surface area (Å²) in [6.45, 7) is 0. The number of hydrogen-bond donors (Lipinski definition) is 2. The Morgan fingerprint density at radius 1 is 1.21 bits per heavy atom. The monoisotopic (exact) mass is 417 g/mol. The van der Waals surface area contributed by atoms with Gasteiger partial charge in [-0.05, 0) is 29.8 Å². The van der Waals surface area contributed by atoms with Gasteiger partial charge in [-0.15, -0.1) is 0 Å². The Morgan fingerprint density at radius 2 is 2.00 bits per heavy atom. The summed E-state index contributed by atoms with van der Waals surface area (Å²) < 4.78 is 18.9. The van der Waals surface area contributed by atoms with E-state index in [9.17, 15) is 14.0 Å². The van der Waals surface area contributed by atoms with Gasteiger partial charge in [-0.25, -0.2) is 4.39 Å². The van der Waals surface area contributed by atoms with Gasteiger partial charge in [0.1, 0.15) is 5.82 Å². The van der Waals surface area contributed by atoms with Crippen molar-refractivity contribution in [3.8, 4) is 11.4 Å². The second kappa shape index (κ2) is 9.29. The average molecular weight is 418 g/mol. The summed E-state index contributed by atoms with van der Waals surface area (Å²) in [5.41, 5.74) is 0.794. The van der Waals surface area contributed by atoms with E-state index in [1.807, 2.05) is 0 Å². The molecule has 1 amide bonds. The first-order chi connectivity index (χ1) is 13.9.